The molecule has 0 saturated carbocycles. The van der Waals surface area contributed by atoms with Gasteiger partial charge in [-0.1, -0.05) is 29.8 Å². The van der Waals surface area contributed by atoms with Gasteiger partial charge in [-0.2, -0.15) is 5.10 Å². The molecule has 3 nitrogen and oxygen atoms in total. The Kier molecular flexibility index (Phi) is 2.82. The molecule has 0 aliphatic carbocycles. The van der Waals surface area contributed by atoms with E-state index in [0.717, 1.165) is 17.1 Å². The third-order valence-electron chi connectivity index (χ3n) is 2.65. The first kappa shape index (κ1) is 11.0. The maximum atomic E-state index is 5.89. The Labute approximate surface area is 110 Å². The minimum absolute atomic E-state index is 0.713. The van der Waals surface area contributed by atoms with Gasteiger partial charge in [-0.05, 0) is 36.4 Å². The van der Waals surface area contributed by atoms with E-state index < -0.39 is 0 Å². The van der Waals surface area contributed by atoms with Gasteiger partial charge in [0.15, 0.2) is 5.82 Å². The van der Waals surface area contributed by atoms with Crippen molar-refractivity contribution in [2.75, 3.05) is 0 Å². The molecule has 0 N–H and O–H groups in total. The van der Waals surface area contributed by atoms with E-state index in [4.69, 9.17) is 11.6 Å². The zero-order valence-electron chi connectivity index (χ0n) is 9.49. The van der Waals surface area contributed by atoms with Gasteiger partial charge in [0.2, 0.25) is 0 Å². The second-order valence-electron chi connectivity index (χ2n) is 3.84. The highest BCUT2D eigenvalue weighted by Gasteiger charge is 2.08. The Bertz CT molecular complexity index is 644. The molecular weight excluding hydrogens is 246 g/mol. The molecular formula is C14H10ClN3. The summed E-state index contributed by atoms with van der Waals surface area (Å²) < 4.78 is 1.81. The summed E-state index contributed by atoms with van der Waals surface area (Å²) >= 11 is 5.89. The van der Waals surface area contributed by atoms with Gasteiger partial charge in [-0.3, -0.25) is 0 Å². The van der Waals surface area contributed by atoms with Crippen molar-refractivity contribution in [2.45, 2.75) is 0 Å². The Balaban J connectivity index is 2.10. The molecule has 0 saturated heterocycles. The summed E-state index contributed by atoms with van der Waals surface area (Å²) in [6.07, 6.45) is 1.55. The Morgan fingerprint density at radius 1 is 0.889 bits per heavy atom. The Morgan fingerprint density at radius 2 is 1.61 bits per heavy atom. The summed E-state index contributed by atoms with van der Waals surface area (Å²) in [7, 11) is 0. The van der Waals surface area contributed by atoms with Gasteiger partial charge in [0.1, 0.15) is 6.33 Å². The third-order valence-corrected chi connectivity index (χ3v) is 2.90. The van der Waals surface area contributed by atoms with E-state index in [1.54, 1.807) is 6.33 Å². The van der Waals surface area contributed by atoms with Crippen molar-refractivity contribution in [1.29, 1.82) is 0 Å². The van der Waals surface area contributed by atoms with E-state index in [1.807, 2.05) is 59.3 Å². The number of benzene rings is 2. The number of nitrogens with zero attached hydrogens (tertiary/aromatic N) is 3. The molecule has 0 atom stereocenters. The molecule has 1 heterocycles. The first-order chi connectivity index (χ1) is 8.84. The molecule has 0 unspecified atom stereocenters. The fourth-order valence-electron chi connectivity index (χ4n) is 1.80. The number of para-hydroxylation sites is 1. The maximum absolute atomic E-state index is 5.89. The number of rotatable bonds is 2. The van der Waals surface area contributed by atoms with Gasteiger partial charge in [0, 0.05) is 10.6 Å². The van der Waals surface area contributed by atoms with Crippen molar-refractivity contribution in [3.05, 3.63) is 65.9 Å². The lowest BCUT2D eigenvalue weighted by Gasteiger charge is -2.05. The molecule has 88 valence electrons. The second kappa shape index (κ2) is 4.63. The highest BCUT2D eigenvalue weighted by atomic mass is 35.5. The van der Waals surface area contributed by atoms with Gasteiger partial charge < -0.3 is 0 Å². The first-order valence-corrected chi connectivity index (χ1v) is 5.94. The molecule has 1 aromatic heterocycles. The predicted molar refractivity (Wildman–Crippen MR) is 71.8 cm³/mol. The molecule has 3 aromatic rings. The van der Waals surface area contributed by atoms with Gasteiger partial charge >= 0.3 is 0 Å². The smallest absolute Gasteiger partial charge is 0.163 e. The van der Waals surface area contributed by atoms with Crippen LogP contribution in [0.3, 0.4) is 0 Å². The van der Waals surface area contributed by atoms with E-state index in [2.05, 4.69) is 10.1 Å². The number of hydrogen-bond acceptors (Lipinski definition) is 2. The molecule has 0 amide bonds. The molecule has 3 rings (SSSR count). The SMILES string of the molecule is Clc1ccc(-c2ncnn2-c2ccccc2)cc1. The van der Waals surface area contributed by atoms with Gasteiger partial charge in [-0.15, -0.1) is 0 Å². The highest BCUT2D eigenvalue weighted by Crippen LogP contribution is 2.21. The Morgan fingerprint density at radius 3 is 2.33 bits per heavy atom. The lowest BCUT2D eigenvalue weighted by Crippen LogP contribution is -1.98. The summed E-state index contributed by atoms with van der Waals surface area (Å²) in [5, 5.41) is 4.97. The minimum atomic E-state index is 0.713. The summed E-state index contributed by atoms with van der Waals surface area (Å²) in [6.45, 7) is 0. The van der Waals surface area contributed by atoms with Crippen molar-refractivity contribution in [3.8, 4) is 17.1 Å². The fraction of sp³-hybridized carbons (Fsp3) is 0. The molecule has 0 fully saturated rings. The number of halogens is 1. The van der Waals surface area contributed by atoms with Crippen LogP contribution < -0.4 is 0 Å². The van der Waals surface area contributed by atoms with Gasteiger partial charge in [0.05, 0.1) is 5.69 Å². The largest absolute Gasteiger partial charge is 0.215 e. The summed E-state index contributed by atoms with van der Waals surface area (Å²) in [5.41, 5.74) is 1.97. The Hall–Kier alpha value is -2.13. The van der Waals surface area contributed by atoms with Crippen molar-refractivity contribution >= 4 is 11.6 Å². The molecule has 18 heavy (non-hydrogen) atoms. The molecule has 0 spiro atoms. The van der Waals surface area contributed by atoms with Crippen LogP contribution in [0.2, 0.25) is 5.02 Å². The molecule has 2 aromatic carbocycles. The first-order valence-electron chi connectivity index (χ1n) is 5.56. The minimum Gasteiger partial charge on any atom is -0.215 e. The quantitative estimate of drug-likeness (QED) is 0.701. The van der Waals surface area contributed by atoms with Crippen molar-refractivity contribution in [3.63, 3.8) is 0 Å². The standard InChI is InChI=1S/C14H10ClN3/c15-12-8-6-11(7-9-12)14-16-10-17-18(14)13-4-2-1-3-5-13/h1-10H. The van der Waals surface area contributed by atoms with Crippen LogP contribution in [0.4, 0.5) is 0 Å². The maximum Gasteiger partial charge on any atom is 0.163 e. The van der Waals surface area contributed by atoms with E-state index >= 15 is 0 Å². The molecule has 0 aliphatic rings. The molecule has 4 heteroatoms. The van der Waals surface area contributed by atoms with Crippen molar-refractivity contribution in [2.24, 2.45) is 0 Å². The lowest BCUT2D eigenvalue weighted by atomic mass is 10.2. The van der Waals surface area contributed by atoms with Crippen LogP contribution in [0.25, 0.3) is 17.1 Å². The van der Waals surface area contributed by atoms with Crippen LogP contribution >= 0.6 is 11.6 Å². The van der Waals surface area contributed by atoms with Crippen LogP contribution in [0, 0.1) is 0 Å². The summed E-state index contributed by atoms with van der Waals surface area (Å²) in [6, 6.07) is 17.5. The summed E-state index contributed by atoms with van der Waals surface area (Å²) in [4.78, 5) is 4.30. The van der Waals surface area contributed by atoms with Crippen molar-refractivity contribution in [1.82, 2.24) is 14.8 Å². The van der Waals surface area contributed by atoms with Crippen LogP contribution in [-0.2, 0) is 0 Å². The zero-order chi connectivity index (χ0) is 12.4. The third kappa shape index (κ3) is 2.00. The average Bonchev–Trinajstić information content (AvgIpc) is 2.90. The molecule has 0 radical (unpaired) electrons. The zero-order valence-corrected chi connectivity index (χ0v) is 10.2. The second-order valence-corrected chi connectivity index (χ2v) is 4.27. The van der Waals surface area contributed by atoms with E-state index in [1.165, 1.54) is 0 Å². The lowest BCUT2D eigenvalue weighted by molar-refractivity contribution is 0.887. The van der Waals surface area contributed by atoms with Crippen LogP contribution in [-0.4, -0.2) is 14.8 Å². The van der Waals surface area contributed by atoms with Crippen LogP contribution in [0.5, 0.6) is 0 Å². The number of aromatic nitrogens is 3. The normalized spacial score (nSPS) is 10.5. The highest BCUT2D eigenvalue weighted by molar-refractivity contribution is 6.30. The summed E-state index contributed by atoms with van der Waals surface area (Å²) in [5.74, 6) is 0.804. The van der Waals surface area contributed by atoms with Crippen LogP contribution in [0.1, 0.15) is 0 Å². The van der Waals surface area contributed by atoms with E-state index in [0.29, 0.717) is 5.02 Å². The fourth-order valence-corrected chi connectivity index (χ4v) is 1.92. The van der Waals surface area contributed by atoms with Gasteiger partial charge in [0.25, 0.3) is 0 Å². The van der Waals surface area contributed by atoms with Crippen molar-refractivity contribution < 1.29 is 0 Å². The van der Waals surface area contributed by atoms with Gasteiger partial charge in [-0.25, -0.2) is 9.67 Å². The van der Waals surface area contributed by atoms with E-state index in [-0.39, 0.29) is 0 Å². The molecule has 0 aliphatic heterocycles. The monoisotopic (exact) mass is 255 g/mol. The van der Waals surface area contributed by atoms with Crippen LogP contribution in [0.15, 0.2) is 60.9 Å². The topological polar surface area (TPSA) is 30.7 Å². The molecule has 0 bridgehead atoms. The van der Waals surface area contributed by atoms with E-state index in [9.17, 15) is 0 Å². The average molecular weight is 256 g/mol. The predicted octanol–water partition coefficient (Wildman–Crippen LogP) is 3.59. The number of hydrogen-bond donors (Lipinski definition) is 0.